The summed E-state index contributed by atoms with van der Waals surface area (Å²) in [6.07, 6.45) is 2.41. The van der Waals surface area contributed by atoms with Gasteiger partial charge in [-0.2, -0.15) is 0 Å². The first kappa shape index (κ1) is 29.0. The third-order valence-corrected chi connectivity index (χ3v) is 10.9. The molecule has 0 saturated heterocycles. The van der Waals surface area contributed by atoms with Crippen LogP contribution in [0, 0.1) is 0 Å². The average molecular weight is 624 g/mol. The zero-order chi connectivity index (χ0) is 32.6. The molecular formula is C44H38BNO2. The topological polar surface area (TPSA) is 21.7 Å². The van der Waals surface area contributed by atoms with Crippen LogP contribution in [-0.4, -0.2) is 6.71 Å². The third kappa shape index (κ3) is 4.58. The van der Waals surface area contributed by atoms with Gasteiger partial charge in [-0.3, -0.25) is 0 Å². The summed E-state index contributed by atoms with van der Waals surface area (Å²) in [7, 11) is 0. The number of anilines is 3. The lowest BCUT2D eigenvalue weighted by Gasteiger charge is -2.42. The van der Waals surface area contributed by atoms with Crippen LogP contribution in [-0.2, 0) is 10.8 Å². The summed E-state index contributed by atoms with van der Waals surface area (Å²) < 4.78 is 13.4. The van der Waals surface area contributed by atoms with Gasteiger partial charge in [0, 0.05) is 28.6 Å². The van der Waals surface area contributed by atoms with E-state index >= 15 is 0 Å². The van der Waals surface area contributed by atoms with Crippen molar-refractivity contribution in [2.24, 2.45) is 0 Å². The molecule has 0 unspecified atom stereocenters. The first-order valence-electron chi connectivity index (χ1n) is 17.1. The molecule has 6 aromatic carbocycles. The predicted molar refractivity (Wildman–Crippen MR) is 200 cm³/mol. The van der Waals surface area contributed by atoms with Crippen LogP contribution in [0.2, 0.25) is 0 Å². The summed E-state index contributed by atoms with van der Waals surface area (Å²) >= 11 is 0. The quantitative estimate of drug-likeness (QED) is 0.182. The maximum absolute atomic E-state index is 6.68. The Morgan fingerprint density at radius 2 is 1.02 bits per heavy atom. The van der Waals surface area contributed by atoms with E-state index in [1.165, 1.54) is 40.6 Å². The molecule has 1 aliphatic carbocycles. The summed E-state index contributed by atoms with van der Waals surface area (Å²) in [5.74, 6) is 3.49. The molecule has 2 heterocycles. The van der Waals surface area contributed by atoms with Gasteiger partial charge in [-0.25, -0.2) is 0 Å². The molecule has 48 heavy (non-hydrogen) atoms. The smallest absolute Gasteiger partial charge is 0.260 e. The first-order valence-corrected chi connectivity index (χ1v) is 17.1. The van der Waals surface area contributed by atoms with Gasteiger partial charge < -0.3 is 14.4 Å². The van der Waals surface area contributed by atoms with Gasteiger partial charge in [0.1, 0.15) is 23.0 Å². The van der Waals surface area contributed by atoms with E-state index in [1.54, 1.807) is 0 Å². The third-order valence-electron chi connectivity index (χ3n) is 10.9. The van der Waals surface area contributed by atoms with Crippen LogP contribution < -0.4 is 30.8 Å². The largest absolute Gasteiger partial charge is 0.458 e. The van der Waals surface area contributed by atoms with E-state index in [1.807, 2.05) is 6.07 Å². The molecule has 0 atom stereocenters. The second-order valence-electron chi connectivity index (χ2n) is 14.8. The number of benzene rings is 6. The van der Waals surface area contributed by atoms with Gasteiger partial charge in [-0.05, 0) is 105 Å². The van der Waals surface area contributed by atoms with Crippen LogP contribution in [0.1, 0.15) is 51.7 Å². The van der Waals surface area contributed by atoms with E-state index in [0.717, 1.165) is 51.0 Å². The molecule has 6 aromatic rings. The Hall–Kier alpha value is -5.22. The fraction of sp³-hybridized carbons (Fsp3) is 0.182. The van der Waals surface area contributed by atoms with Crippen LogP contribution in [0.15, 0.2) is 133 Å². The van der Waals surface area contributed by atoms with Gasteiger partial charge in [-0.15, -0.1) is 0 Å². The molecule has 2 aliphatic heterocycles. The summed E-state index contributed by atoms with van der Waals surface area (Å²) in [4.78, 5) is 2.28. The second kappa shape index (κ2) is 10.7. The lowest BCUT2D eigenvalue weighted by Crippen LogP contribution is -2.57. The summed E-state index contributed by atoms with van der Waals surface area (Å²) in [5, 5.41) is 0. The number of rotatable bonds is 4. The summed E-state index contributed by atoms with van der Waals surface area (Å²) in [5.41, 5.74) is 12.4. The van der Waals surface area contributed by atoms with Gasteiger partial charge in [0.15, 0.2) is 0 Å². The van der Waals surface area contributed by atoms with Gasteiger partial charge in [0.2, 0.25) is 0 Å². The number of fused-ring (bicyclic) bond motifs is 5. The van der Waals surface area contributed by atoms with Crippen molar-refractivity contribution < 1.29 is 9.47 Å². The van der Waals surface area contributed by atoms with Crippen molar-refractivity contribution in [1.82, 2.24) is 0 Å². The van der Waals surface area contributed by atoms with E-state index in [9.17, 15) is 0 Å². The zero-order valence-electron chi connectivity index (χ0n) is 28.0. The average Bonchev–Trinajstić information content (AvgIpc) is 3.11. The van der Waals surface area contributed by atoms with Crippen molar-refractivity contribution in [3.05, 3.63) is 145 Å². The summed E-state index contributed by atoms with van der Waals surface area (Å²) in [6.45, 7) is 9.56. The molecule has 0 aromatic heterocycles. The normalized spacial score (nSPS) is 16.0. The minimum absolute atomic E-state index is 0.0111. The van der Waals surface area contributed by atoms with Crippen molar-refractivity contribution in [1.29, 1.82) is 0 Å². The highest BCUT2D eigenvalue weighted by atomic mass is 16.5. The van der Waals surface area contributed by atoms with E-state index in [0.29, 0.717) is 0 Å². The van der Waals surface area contributed by atoms with Gasteiger partial charge >= 0.3 is 0 Å². The van der Waals surface area contributed by atoms with Gasteiger partial charge in [-0.1, -0.05) is 107 Å². The fourth-order valence-corrected chi connectivity index (χ4v) is 8.10. The lowest BCUT2D eigenvalue weighted by atomic mass is 9.35. The lowest BCUT2D eigenvalue weighted by molar-refractivity contribution is 0.332. The summed E-state index contributed by atoms with van der Waals surface area (Å²) in [6, 6.07) is 47.7. The molecule has 0 spiro atoms. The Labute approximate surface area is 283 Å². The molecule has 3 aliphatic rings. The molecule has 4 heteroatoms. The Bertz CT molecular complexity index is 2170. The van der Waals surface area contributed by atoms with E-state index in [-0.39, 0.29) is 17.5 Å². The van der Waals surface area contributed by atoms with Gasteiger partial charge in [0.05, 0.1) is 0 Å². The maximum atomic E-state index is 6.68. The molecule has 9 rings (SSSR count). The molecule has 3 nitrogen and oxygen atoms in total. The SMILES string of the molecule is CC1(C)CCC(C)(C)c2cc(-c3ccc4c(c3)Oc3cccc5c3B4c3ccc(N(c4ccccc4)c4ccccc4)cc3O5)ccc21. The molecular weight excluding hydrogens is 585 g/mol. The van der Waals surface area contributed by atoms with Crippen molar-refractivity contribution in [2.45, 2.75) is 51.4 Å². The number of ether oxygens (including phenoxy) is 2. The molecule has 0 radical (unpaired) electrons. The Morgan fingerprint density at radius 3 is 1.67 bits per heavy atom. The van der Waals surface area contributed by atoms with Crippen molar-refractivity contribution in [3.8, 4) is 34.1 Å². The number of nitrogens with zero attached hydrogens (tertiary/aromatic N) is 1. The van der Waals surface area contributed by atoms with Crippen LogP contribution in [0.25, 0.3) is 11.1 Å². The molecule has 0 fully saturated rings. The van der Waals surface area contributed by atoms with Crippen molar-refractivity contribution in [2.75, 3.05) is 4.90 Å². The van der Waals surface area contributed by atoms with E-state index in [4.69, 9.17) is 9.47 Å². The Morgan fingerprint density at radius 1 is 0.479 bits per heavy atom. The van der Waals surface area contributed by atoms with Crippen molar-refractivity contribution in [3.63, 3.8) is 0 Å². The van der Waals surface area contributed by atoms with E-state index in [2.05, 4.69) is 160 Å². The standard InChI is InChI=1S/C44H38BNO2/c1-43(2)24-25-44(3,4)35-26-29(18-21-34(35)43)30-19-22-36-40(27-30)47-38-16-11-17-39-42(38)45(36)37-23-20-33(28-41(37)48-39)46(31-12-7-5-8-13-31)32-14-9-6-10-15-32/h5-23,26-28H,24-25H2,1-4H3. The van der Waals surface area contributed by atoms with Crippen LogP contribution in [0.5, 0.6) is 23.0 Å². The Balaban J connectivity index is 1.15. The first-order chi connectivity index (χ1) is 23.3. The monoisotopic (exact) mass is 623 g/mol. The second-order valence-corrected chi connectivity index (χ2v) is 14.8. The molecule has 0 amide bonds. The number of para-hydroxylation sites is 2. The molecule has 0 saturated carbocycles. The van der Waals surface area contributed by atoms with Crippen LogP contribution in [0.4, 0.5) is 17.1 Å². The zero-order valence-corrected chi connectivity index (χ0v) is 28.0. The molecule has 234 valence electrons. The highest BCUT2D eigenvalue weighted by Crippen LogP contribution is 2.47. The minimum Gasteiger partial charge on any atom is -0.458 e. The Kier molecular flexibility index (Phi) is 6.43. The number of hydrogen-bond donors (Lipinski definition) is 0. The van der Waals surface area contributed by atoms with E-state index < -0.39 is 0 Å². The predicted octanol–water partition coefficient (Wildman–Crippen LogP) is 9.90. The molecule has 0 bridgehead atoms. The van der Waals surface area contributed by atoms with Gasteiger partial charge in [0.25, 0.3) is 6.71 Å². The highest BCUT2D eigenvalue weighted by molar-refractivity contribution is 6.98. The highest BCUT2D eigenvalue weighted by Gasteiger charge is 2.41. The fourth-order valence-electron chi connectivity index (χ4n) is 8.10. The van der Waals surface area contributed by atoms with Crippen LogP contribution in [0.3, 0.4) is 0 Å². The maximum Gasteiger partial charge on any atom is 0.260 e. The van der Waals surface area contributed by atoms with Crippen molar-refractivity contribution >= 4 is 40.2 Å². The van der Waals surface area contributed by atoms with Crippen LogP contribution >= 0.6 is 0 Å². The number of hydrogen-bond acceptors (Lipinski definition) is 3. The minimum atomic E-state index is 0.0111. The molecule has 0 N–H and O–H groups in total.